The molecule has 23 heavy (non-hydrogen) atoms. The van der Waals surface area contributed by atoms with E-state index in [0.29, 0.717) is 25.5 Å². The Morgan fingerprint density at radius 3 is 3.00 bits per heavy atom. The number of nitro groups is 1. The number of anilines is 1. The van der Waals surface area contributed by atoms with Gasteiger partial charge in [-0.15, -0.1) is 0 Å². The maximum atomic E-state index is 11.4. The molecule has 1 saturated heterocycles. The van der Waals surface area contributed by atoms with Crippen molar-refractivity contribution in [2.24, 2.45) is 0 Å². The average molecular weight is 344 g/mol. The summed E-state index contributed by atoms with van der Waals surface area (Å²) in [5, 5.41) is 10.9. The second-order valence-electron chi connectivity index (χ2n) is 5.16. The third kappa shape index (κ3) is 4.77. The number of halogens is 1. The molecule has 0 N–H and O–H groups in total. The summed E-state index contributed by atoms with van der Waals surface area (Å²) in [5.41, 5.74) is -0.177. The van der Waals surface area contributed by atoms with E-state index in [-0.39, 0.29) is 29.2 Å². The first-order chi connectivity index (χ1) is 11.0. The molecule has 2 heterocycles. The van der Waals surface area contributed by atoms with E-state index in [4.69, 9.17) is 16.3 Å². The van der Waals surface area contributed by atoms with Crippen molar-refractivity contribution in [2.75, 3.05) is 31.7 Å². The monoisotopic (exact) mass is 343 g/mol. The molecule has 1 aliphatic heterocycles. The van der Waals surface area contributed by atoms with Crippen molar-refractivity contribution in [1.29, 1.82) is 0 Å². The average Bonchev–Trinajstić information content (AvgIpc) is 3.04. The summed E-state index contributed by atoms with van der Waals surface area (Å²) in [6.07, 6.45) is 3.25. The van der Waals surface area contributed by atoms with Gasteiger partial charge in [-0.3, -0.25) is 14.9 Å². The predicted octanol–water partition coefficient (Wildman–Crippen LogP) is 2.19. The van der Waals surface area contributed by atoms with E-state index in [1.54, 1.807) is 4.90 Å². The number of nitrogens with zero attached hydrogens (tertiary/aromatic N) is 3. The maximum Gasteiger partial charge on any atom is 0.307 e. The molecule has 0 aromatic carbocycles. The molecule has 1 fully saturated rings. The fourth-order valence-corrected chi connectivity index (χ4v) is 2.68. The topological polar surface area (TPSA) is 94.8 Å². The number of esters is 1. The van der Waals surface area contributed by atoms with Crippen molar-refractivity contribution in [2.45, 2.75) is 25.4 Å². The number of ether oxygens (including phenoxy) is 2. The summed E-state index contributed by atoms with van der Waals surface area (Å²) in [7, 11) is 1.32. The highest BCUT2D eigenvalue weighted by atomic mass is 35.5. The Hall–Kier alpha value is -1.93. The van der Waals surface area contributed by atoms with Crippen LogP contribution in [0.5, 0.6) is 0 Å². The summed E-state index contributed by atoms with van der Waals surface area (Å²) in [4.78, 5) is 27.5. The molecule has 2 rings (SSSR count). The Morgan fingerprint density at radius 1 is 1.65 bits per heavy atom. The lowest BCUT2D eigenvalue weighted by molar-refractivity contribution is -0.385. The first kappa shape index (κ1) is 17.4. The van der Waals surface area contributed by atoms with Gasteiger partial charge in [-0.25, -0.2) is 4.98 Å². The molecular weight excluding hydrogens is 326 g/mol. The molecule has 0 radical (unpaired) electrons. The van der Waals surface area contributed by atoms with E-state index >= 15 is 0 Å². The second-order valence-corrected chi connectivity index (χ2v) is 5.57. The molecule has 0 unspecified atom stereocenters. The smallest absolute Gasteiger partial charge is 0.307 e. The quantitative estimate of drug-likeness (QED) is 0.425. The van der Waals surface area contributed by atoms with Gasteiger partial charge in [0.15, 0.2) is 0 Å². The number of pyridine rings is 1. The summed E-state index contributed by atoms with van der Waals surface area (Å²) in [6, 6.07) is 1.25. The number of hydrogen-bond donors (Lipinski definition) is 0. The lowest BCUT2D eigenvalue weighted by Gasteiger charge is -2.26. The van der Waals surface area contributed by atoms with Crippen LogP contribution in [0.25, 0.3) is 0 Å². The third-order valence-corrected chi connectivity index (χ3v) is 3.86. The van der Waals surface area contributed by atoms with E-state index < -0.39 is 4.92 Å². The van der Waals surface area contributed by atoms with Crippen molar-refractivity contribution in [3.63, 3.8) is 0 Å². The number of aromatic nitrogens is 1. The van der Waals surface area contributed by atoms with E-state index in [0.717, 1.165) is 19.0 Å². The van der Waals surface area contributed by atoms with Gasteiger partial charge in [-0.05, 0) is 12.8 Å². The Labute approximate surface area is 138 Å². The van der Waals surface area contributed by atoms with Crippen LogP contribution in [0, 0.1) is 10.1 Å². The molecule has 1 aromatic heterocycles. The van der Waals surface area contributed by atoms with Gasteiger partial charge < -0.3 is 14.4 Å². The largest absolute Gasteiger partial charge is 0.469 e. The molecule has 9 heteroatoms. The molecule has 1 atom stereocenters. The molecule has 0 amide bonds. The van der Waals surface area contributed by atoms with E-state index in [1.165, 1.54) is 13.2 Å². The minimum Gasteiger partial charge on any atom is -0.469 e. The number of carbonyl (C=O) groups is 1. The number of hydrogen-bond acceptors (Lipinski definition) is 7. The number of carbonyl (C=O) groups excluding carboxylic acids is 1. The van der Waals surface area contributed by atoms with Gasteiger partial charge in [0, 0.05) is 25.8 Å². The Balaban J connectivity index is 2.17. The second kappa shape index (κ2) is 8.07. The van der Waals surface area contributed by atoms with Gasteiger partial charge in [0.1, 0.15) is 12.0 Å². The lowest BCUT2D eigenvalue weighted by Crippen LogP contribution is -2.35. The van der Waals surface area contributed by atoms with Gasteiger partial charge in [0.25, 0.3) is 5.69 Å². The Bertz CT molecular complexity index is 578. The van der Waals surface area contributed by atoms with E-state index in [1.807, 2.05) is 0 Å². The standard InChI is InChI=1S/C14H18ClN3O5/c1-22-13(19)4-5-17(9-11-3-2-6-23-11)14-12(15)7-10(8-16-14)18(20)21/h7-8,11H,2-6,9H2,1H3/t11-/m1/s1. The first-order valence-corrected chi connectivity index (χ1v) is 7.62. The molecule has 0 saturated carbocycles. The van der Waals surface area contributed by atoms with Gasteiger partial charge in [-0.2, -0.15) is 0 Å². The zero-order valence-corrected chi connectivity index (χ0v) is 13.5. The van der Waals surface area contributed by atoms with Gasteiger partial charge in [-0.1, -0.05) is 11.6 Å². The SMILES string of the molecule is COC(=O)CCN(C[C@H]1CCCO1)c1ncc([N+](=O)[O-])cc1Cl. The highest BCUT2D eigenvalue weighted by Crippen LogP contribution is 2.28. The zero-order chi connectivity index (χ0) is 16.8. The molecule has 126 valence electrons. The molecule has 0 bridgehead atoms. The van der Waals surface area contributed by atoms with Crippen molar-refractivity contribution in [3.05, 3.63) is 27.4 Å². The van der Waals surface area contributed by atoms with Crippen molar-refractivity contribution in [1.82, 2.24) is 4.98 Å². The molecule has 1 aromatic rings. The van der Waals surface area contributed by atoms with Crippen molar-refractivity contribution < 1.29 is 19.2 Å². The molecule has 0 spiro atoms. The van der Waals surface area contributed by atoms with Crippen LogP contribution in [0.1, 0.15) is 19.3 Å². The summed E-state index contributed by atoms with van der Waals surface area (Å²) in [6.45, 7) is 1.57. The van der Waals surface area contributed by atoms with Crippen LogP contribution in [0.2, 0.25) is 5.02 Å². The fourth-order valence-electron chi connectivity index (χ4n) is 2.40. The Morgan fingerprint density at radius 2 is 2.43 bits per heavy atom. The van der Waals surface area contributed by atoms with Crippen LogP contribution in [-0.2, 0) is 14.3 Å². The lowest BCUT2D eigenvalue weighted by atomic mass is 10.2. The fraction of sp³-hybridized carbons (Fsp3) is 0.571. The minimum absolute atomic E-state index is 0.0284. The van der Waals surface area contributed by atoms with Crippen molar-refractivity contribution in [3.8, 4) is 0 Å². The first-order valence-electron chi connectivity index (χ1n) is 7.24. The van der Waals surface area contributed by atoms with Gasteiger partial charge in [0.05, 0.1) is 29.6 Å². The summed E-state index contributed by atoms with van der Waals surface area (Å²) in [5.74, 6) is 0.0528. The summed E-state index contributed by atoms with van der Waals surface area (Å²) >= 11 is 6.14. The molecule has 0 aliphatic carbocycles. The van der Waals surface area contributed by atoms with E-state index in [9.17, 15) is 14.9 Å². The molecule has 1 aliphatic rings. The van der Waals surface area contributed by atoms with Gasteiger partial charge in [0.2, 0.25) is 0 Å². The van der Waals surface area contributed by atoms with Crippen LogP contribution < -0.4 is 4.90 Å². The van der Waals surface area contributed by atoms with Crippen molar-refractivity contribution >= 4 is 29.1 Å². The molecule has 8 nitrogen and oxygen atoms in total. The van der Waals surface area contributed by atoms with Crippen LogP contribution in [0.15, 0.2) is 12.3 Å². The summed E-state index contributed by atoms with van der Waals surface area (Å²) < 4.78 is 10.3. The third-order valence-electron chi connectivity index (χ3n) is 3.58. The number of rotatable bonds is 7. The van der Waals surface area contributed by atoms with Gasteiger partial charge >= 0.3 is 5.97 Å². The normalized spacial score (nSPS) is 17.0. The van der Waals surface area contributed by atoms with Crippen LogP contribution >= 0.6 is 11.6 Å². The predicted molar refractivity (Wildman–Crippen MR) is 83.7 cm³/mol. The van der Waals surface area contributed by atoms with E-state index in [2.05, 4.69) is 9.72 Å². The van der Waals surface area contributed by atoms with Crippen LogP contribution in [-0.4, -0.2) is 48.8 Å². The Kier molecular flexibility index (Phi) is 6.12. The van der Waals surface area contributed by atoms with Crippen LogP contribution in [0.4, 0.5) is 11.5 Å². The number of methoxy groups -OCH3 is 1. The minimum atomic E-state index is -0.554. The highest BCUT2D eigenvalue weighted by molar-refractivity contribution is 6.33. The highest BCUT2D eigenvalue weighted by Gasteiger charge is 2.23. The maximum absolute atomic E-state index is 11.4. The van der Waals surface area contributed by atoms with Crippen LogP contribution in [0.3, 0.4) is 0 Å². The molecular formula is C14H18ClN3O5. The zero-order valence-electron chi connectivity index (χ0n) is 12.7.